The molecule has 0 aromatic rings. The zero-order chi connectivity index (χ0) is 11.4. The van der Waals surface area contributed by atoms with E-state index in [1.165, 1.54) is 6.92 Å². The van der Waals surface area contributed by atoms with E-state index in [2.05, 4.69) is 4.72 Å². The van der Waals surface area contributed by atoms with Crippen LogP contribution in [0.2, 0.25) is 0 Å². The monoisotopic (exact) mass is 242 g/mol. The molecule has 0 spiro atoms. The zero-order valence-corrected chi connectivity index (χ0v) is 9.73. The van der Waals surface area contributed by atoms with Crippen molar-refractivity contribution >= 4 is 27.5 Å². The first kappa shape index (κ1) is 13.7. The van der Waals surface area contributed by atoms with Crippen LogP contribution in [-0.2, 0) is 14.8 Å². The quantitative estimate of drug-likeness (QED) is 0.624. The summed E-state index contributed by atoms with van der Waals surface area (Å²) in [6.07, 6.45) is 0. The molecule has 0 aromatic carbocycles. The highest BCUT2D eigenvalue weighted by molar-refractivity contribution is 7.89. The Hall–Kier alpha value is -0.330. The summed E-state index contributed by atoms with van der Waals surface area (Å²) in [7, 11) is -3.47. The normalized spacial score (nSPS) is 16.2. The van der Waals surface area contributed by atoms with E-state index in [0.717, 1.165) is 0 Å². The van der Waals surface area contributed by atoms with Crippen molar-refractivity contribution in [3.05, 3.63) is 0 Å². The number of nitrogens with two attached hydrogens (primary N) is 1. The van der Waals surface area contributed by atoms with E-state index in [1.807, 2.05) is 0 Å². The van der Waals surface area contributed by atoms with Gasteiger partial charge in [0.05, 0.1) is 11.8 Å². The van der Waals surface area contributed by atoms with Crippen molar-refractivity contribution in [2.45, 2.75) is 19.9 Å². The van der Waals surface area contributed by atoms with Gasteiger partial charge in [0.25, 0.3) is 0 Å². The summed E-state index contributed by atoms with van der Waals surface area (Å²) in [5.41, 5.74) is 4.91. The van der Waals surface area contributed by atoms with Crippen LogP contribution < -0.4 is 10.5 Å². The first-order valence-corrected chi connectivity index (χ1v) is 6.32. The lowest BCUT2D eigenvalue weighted by molar-refractivity contribution is -0.119. The maximum Gasteiger partial charge on any atom is 0.235 e. The molecule has 0 saturated heterocycles. The summed E-state index contributed by atoms with van der Waals surface area (Å²) >= 11 is 5.47. The van der Waals surface area contributed by atoms with Crippen LogP contribution in [-0.4, -0.2) is 32.0 Å². The second kappa shape index (κ2) is 5.53. The minimum Gasteiger partial charge on any atom is -0.368 e. The number of amides is 1. The summed E-state index contributed by atoms with van der Waals surface area (Å²) in [6.45, 7) is 3.10. The van der Waals surface area contributed by atoms with Crippen molar-refractivity contribution in [2.75, 3.05) is 11.6 Å². The standard InChI is InChI=1S/C7H15ClN2O3S/c1-5(3-8)4-14(12,13)10-6(2)7(9)11/h5-6,10H,3-4H2,1-2H3,(H2,9,11). The second-order valence-electron chi connectivity index (χ2n) is 3.28. The molecule has 0 aliphatic heterocycles. The van der Waals surface area contributed by atoms with Crippen LogP contribution in [0.25, 0.3) is 0 Å². The molecule has 0 aromatic heterocycles. The van der Waals surface area contributed by atoms with E-state index in [4.69, 9.17) is 17.3 Å². The maximum absolute atomic E-state index is 11.3. The third-order valence-electron chi connectivity index (χ3n) is 1.55. The van der Waals surface area contributed by atoms with Crippen LogP contribution in [0.1, 0.15) is 13.8 Å². The molecule has 0 rings (SSSR count). The summed E-state index contributed by atoms with van der Waals surface area (Å²) in [6, 6.07) is -0.887. The minimum absolute atomic E-state index is 0.103. The molecule has 0 heterocycles. The largest absolute Gasteiger partial charge is 0.368 e. The number of hydrogen-bond donors (Lipinski definition) is 2. The molecule has 84 valence electrons. The van der Waals surface area contributed by atoms with Gasteiger partial charge in [-0.3, -0.25) is 4.79 Å². The number of sulfonamides is 1. The molecule has 2 atom stereocenters. The number of primary amides is 1. The van der Waals surface area contributed by atoms with Crippen LogP contribution >= 0.6 is 11.6 Å². The molecule has 3 N–H and O–H groups in total. The fraction of sp³-hybridized carbons (Fsp3) is 0.857. The molecule has 2 unspecified atom stereocenters. The van der Waals surface area contributed by atoms with Crippen molar-refractivity contribution in [3.63, 3.8) is 0 Å². The fourth-order valence-corrected chi connectivity index (χ4v) is 2.65. The first-order chi connectivity index (χ1) is 6.28. The third kappa shape index (κ3) is 5.41. The second-order valence-corrected chi connectivity index (χ2v) is 5.39. The number of carbonyl (C=O) groups is 1. The van der Waals surface area contributed by atoms with Gasteiger partial charge in [-0.2, -0.15) is 0 Å². The fourth-order valence-electron chi connectivity index (χ4n) is 0.795. The van der Waals surface area contributed by atoms with Crippen LogP contribution in [0.5, 0.6) is 0 Å². The Morgan fingerprint density at radius 1 is 1.50 bits per heavy atom. The van der Waals surface area contributed by atoms with Gasteiger partial charge in [-0.05, 0) is 12.8 Å². The Bertz CT molecular complexity index is 291. The highest BCUT2D eigenvalue weighted by atomic mass is 35.5. The molecule has 1 amide bonds. The van der Waals surface area contributed by atoms with E-state index in [1.54, 1.807) is 6.92 Å². The average molecular weight is 243 g/mol. The van der Waals surface area contributed by atoms with E-state index < -0.39 is 22.0 Å². The van der Waals surface area contributed by atoms with Gasteiger partial charge >= 0.3 is 0 Å². The molecule has 0 fully saturated rings. The summed E-state index contributed by atoms with van der Waals surface area (Å²) in [5, 5.41) is 0. The van der Waals surface area contributed by atoms with Gasteiger partial charge in [-0.15, -0.1) is 11.6 Å². The van der Waals surface area contributed by atoms with Gasteiger partial charge in [-0.25, -0.2) is 13.1 Å². The molecule has 0 aliphatic carbocycles. The number of halogens is 1. The van der Waals surface area contributed by atoms with E-state index >= 15 is 0 Å². The summed E-state index contributed by atoms with van der Waals surface area (Å²) in [4.78, 5) is 10.6. The molecule has 0 radical (unpaired) electrons. The van der Waals surface area contributed by atoms with Gasteiger partial charge in [0, 0.05) is 5.88 Å². The van der Waals surface area contributed by atoms with Crippen molar-refractivity contribution in [1.82, 2.24) is 4.72 Å². The molecule has 0 bridgehead atoms. The number of alkyl halides is 1. The summed E-state index contributed by atoms with van der Waals surface area (Å²) in [5.74, 6) is -0.707. The lowest BCUT2D eigenvalue weighted by Crippen LogP contribution is -2.43. The van der Waals surface area contributed by atoms with Gasteiger partial charge in [0.15, 0.2) is 0 Å². The Labute approximate surface area is 89.0 Å². The number of carbonyl (C=O) groups excluding carboxylic acids is 1. The smallest absolute Gasteiger partial charge is 0.235 e. The van der Waals surface area contributed by atoms with E-state index in [-0.39, 0.29) is 17.6 Å². The van der Waals surface area contributed by atoms with Crippen molar-refractivity contribution < 1.29 is 13.2 Å². The number of hydrogen-bond acceptors (Lipinski definition) is 3. The molecular formula is C7H15ClN2O3S. The topological polar surface area (TPSA) is 89.3 Å². The van der Waals surface area contributed by atoms with Crippen LogP contribution in [0.3, 0.4) is 0 Å². The average Bonchev–Trinajstić information content (AvgIpc) is 2.02. The van der Waals surface area contributed by atoms with Crippen LogP contribution in [0, 0.1) is 5.92 Å². The predicted molar refractivity (Wildman–Crippen MR) is 55.5 cm³/mol. The Morgan fingerprint density at radius 3 is 2.36 bits per heavy atom. The van der Waals surface area contributed by atoms with Crippen molar-refractivity contribution in [2.24, 2.45) is 11.7 Å². The molecule has 0 aliphatic rings. The summed E-state index contributed by atoms with van der Waals surface area (Å²) < 4.78 is 24.8. The Balaban J connectivity index is 4.28. The van der Waals surface area contributed by atoms with Gasteiger partial charge in [0.2, 0.25) is 15.9 Å². The highest BCUT2D eigenvalue weighted by Crippen LogP contribution is 2.02. The molecule has 14 heavy (non-hydrogen) atoms. The van der Waals surface area contributed by atoms with Crippen molar-refractivity contribution in [3.8, 4) is 0 Å². The minimum atomic E-state index is -3.47. The molecule has 5 nitrogen and oxygen atoms in total. The molecule has 7 heteroatoms. The van der Waals surface area contributed by atoms with Crippen LogP contribution in [0.4, 0.5) is 0 Å². The number of nitrogens with one attached hydrogen (secondary N) is 1. The van der Waals surface area contributed by atoms with Gasteiger partial charge < -0.3 is 5.73 Å². The van der Waals surface area contributed by atoms with Crippen molar-refractivity contribution in [1.29, 1.82) is 0 Å². The lowest BCUT2D eigenvalue weighted by Gasteiger charge is -2.13. The predicted octanol–water partition coefficient (Wildman–Crippen LogP) is -0.345. The van der Waals surface area contributed by atoms with E-state index in [0.29, 0.717) is 0 Å². The SMILES string of the molecule is CC(CCl)CS(=O)(=O)NC(C)C(N)=O. The Morgan fingerprint density at radius 2 is 2.00 bits per heavy atom. The van der Waals surface area contributed by atoms with E-state index in [9.17, 15) is 13.2 Å². The Kier molecular flexibility index (Phi) is 5.40. The zero-order valence-electron chi connectivity index (χ0n) is 8.16. The third-order valence-corrected chi connectivity index (χ3v) is 3.80. The van der Waals surface area contributed by atoms with Gasteiger partial charge in [0.1, 0.15) is 0 Å². The number of rotatable bonds is 6. The highest BCUT2D eigenvalue weighted by Gasteiger charge is 2.20. The molecular weight excluding hydrogens is 228 g/mol. The van der Waals surface area contributed by atoms with Gasteiger partial charge in [-0.1, -0.05) is 6.92 Å². The maximum atomic E-state index is 11.3. The lowest BCUT2D eigenvalue weighted by atomic mass is 10.3. The molecule has 0 saturated carbocycles. The first-order valence-electron chi connectivity index (χ1n) is 4.13. The van der Waals surface area contributed by atoms with Crippen LogP contribution in [0.15, 0.2) is 0 Å².